The second-order valence-corrected chi connectivity index (χ2v) is 10.8. The third kappa shape index (κ3) is 4.93. The smallest absolute Gasteiger partial charge is 0.388 e. The number of hydrogen-bond acceptors (Lipinski definition) is 4. The normalized spacial score (nSPS) is 18.5. The number of halogens is 2. The summed E-state index contributed by atoms with van der Waals surface area (Å²) in [5, 5.41) is 2.75. The highest BCUT2D eigenvalue weighted by molar-refractivity contribution is 7.81. The zero-order valence-corrected chi connectivity index (χ0v) is 20.6. The molecule has 184 valence electrons. The number of rotatable bonds is 7. The summed E-state index contributed by atoms with van der Waals surface area (Å²) in [5.41, 5.74) is 2.47. The Morgan fingerprint density at radius 3 is 2.53 bits per heavy atom. The number of hydrogen-bond donors (Lipinski definition) is 1. The van der Waals surface area contributed by atoms with Crippen molar-refractivity contribution in [1.29, 1.82) is 0 Å². The molecule has 1 spiro atoms. The number of alkyl halides is 2. The molecule has 1 saturated carbocycles. The molecule has 2 fully saturated rings. The summed E-state index contributed by atoms with van der Waals surface area (Å²) in [6, 6.07) is 10.4. The van der Waals surface area contributed by atoms with E-state index in [4.69, 9.17) is 0 Å². The van der Waals surface area contributed by atoms with E-state index in [-0.39, 0.29) is 28.9 Å². The summed E-state index contributed by atoms with van der Waals surface area (Å²) in [5.74, 6) is -0.133. The van der Waals surface area contributed by atoms with Crippen LogP contribution in [0.25, 0.3) is 0 Å². The average molecular weight is 493 g/mol. The number of para-hydroxylation sites is 1. The molecule has 7 nitrogen and oxygen atoms in total. The van der Waals surface area contributed by atoms with Crippen LogP contribution in [0.2, 0.25) is 0 Å². The van der Waals surface area contributed by atoms with Gasteiger partial charge in [0.25, 0.3) is 0 Å². The van der Waals surface area contributed by atoms with Gasteiger partial charge in [0.1, 0.15) is 5.69 Å². The van der Waals surface area contributed by atoms with Gasteiger partial charge in [-0.15, -0.1) is 0 Å². The van der Waals surface area contributed by atoms with Crippen molar-refractivity contribution in [1.82, 2.24) is 9.29 Å². The second kappa shape index (κ2) is 9.58. The number of carbonyl (C=O) groups is 1. The van der Waals surface area contributed by atoms with E-state index < -0.39 is 23.6 Å². The molecule has 1 saturated heterocycles. The predicted molar refractivity (Wildman–Crippen MR) is 129 cm³/mol. The summed E-state index contributed by atoms with van der Waals surface area (Å²) in [6.45, 7) is 4.24. The Kier molecular flexibility index (Phi) is 6.91. The molecule has 2 heterocycles. The van der Waals surface area contributed by atoms with E-state index >= 15 is 0 Å². The number of urea groups is 1. The Morgan fingerprint density at radius 1 is 1.24 bits per heavy atom. The first kappa shape index (κ1) is 24.5. The monoisotopic (exact) mass is 492 g/mol. The lowest BCUT2D eigenvalue weighted by molar-refractivity contribution is -0.0524. The number of amides is 2. The van der Waals surface area contributed by atoms with Crippen LogP contribution in [-0.2, 0) is 11.0 Å². The Hall–Kier alpha value is -2.59. The topological polar surface area (TPSA) is 74.8 Å². The molecule has 1 aromatic carbocycles. The third-order valence-electron chi connectivity index (χ3n) is 6.57. The van der Waals surface area contributed by atoms with Crippen molar-refractivity contribution < 1.29 is 22.5 Å². The minimum absolute atomic E-state index is 0.0646. The maximum Gasteiger partial charge on any atom is 0.388 e. The SMILES string of the molecule is Cc1ccc(NC(=O)N(c2ccccc2C(C)C)C2CC3(C2)CN(S(C)=O)C3)c(OC(F)F)n1. The molecule has 2 amide bonds. The maximum atomic E-state index is 13.6. The first-order valence-electron chi connectivity index (χ1n) is 11.3. The Bertz CT molecular complexity index is 1080. The van der Waals surface area contributed by atoms with Gasteiger partial charge in [-0.05, 0) is 49.4 Å². The third-order valence-corrected chi connectivity index (χ3v) is 7.55. The highest BCUT2D eigenvalue weighted by Gasteiger charge is 2.55. The summed E-state index contributed by atoms with van der Waals surface area (Å²) in [6.07, 6.45) is 3.25. The van der Waals surface area contributed by atoms with Crippen molar-refractivity contribution in [2.24, 2.45) is 5.41 Å². The Labute approximate surface area is 201 Å². The molecular formula is C24H30F2N4O3S. The van der Waals surface area contributed by atoms with Gasteiger partial charge in [0.15, 0.2) is 0 Å². The van der Waals surface area contributed by atoms with Crippen LogP contribution in [0.5, 0.6) is 5.88 Å². The minimum atomic E-state index is -3.06. The van der Waals surface area contributed by atoms with Gasteiger partial charge in [-0.2, -0.15) is 8.78 Å². The van der Waals surface area contributed by atoms with Gasteiger partial charge in [-0.25, -0.2) is 18.3 Å². The van der Waals surface area contributed by atoms with Crippen LogP contribution in [0.1, 0.15) is 43.9 Å². The van der Waals surface area contributed by atoms with Crippen molar-refractivity contribution in [2.75, 3.05) is 29.6 Å². The molecule has 1 aliphatic heterocycles. The summed E-state index contributed by atoms with van der Waals surface area (Å²) in [7, 11) is -0.992. The van der Waals surface area contributed by atoms with E-state index in [1.807, 2.05) is 28.6 Å². The average Bonchev–Trinajstić information content (AvgIpc) is 2.70. The molecule has 0 radical (unpaired) electrons. The molecule has 2 aromatic rings. The number of aromatic nitrogens is 1. The first-order valence-corrected chi connectivity index (χ1v) is 12.8. The van der Waals surface area contributed by atoms with Crippen LogP contribution in [0.15, 0.2) is 36.4 Å². The van der Waals surface area contributed by atoms with Crippen molar-refractivity contribution in [2.45, 2.75) is 52.2 Å². The van der Waals surface area contributed by atoms with Crippen LogP contribution >= 0.6 is 0 Å². The number of benzene rings is 1. The van der Waals surface area contributed by atoms with E-state index in [2.05, 4.69) is 28.9 Å². The summed E-state index contributed by atoms with van der Waals surface area (Å²) < 4.78 is 44.1. The van der Waals surface area contributed by atoms with Crippen LogP contribution < -0.4 is 15.0 Å². The van der Waals surface area contributed by atoms with Crippen LogP contribution in [0, 0.1) is 12.3 Å². The maximum absolute atomic E-state index is 13.6. The van der Waals surface area contributed by atoms with E-state index in [0.29, 0.717) is 5.69 Å². The van der Waals surface area contributed by atoms with Gasteiger partial charge in [-0.3, -0.25) is 4.90 Å². The minimum Gasteiger partial charge on any atom is -0.415 e. The predicted octanol–water partition coefficient (Wildman–Crippen LogP) is 4.91. The van der Waals surface area contributed by atoms with Crippen molar-refractivity contribution >= 4 is 28.4 Å². The van der Waals surface area contributed by atoms with Crippen LogP contribution in [-0.4, -0.2) is 51.5 Å². The lowest BCUT2D eigenvalue weighted by atomic mass is 9.61. The largest absolute Gasteiger partial charge is 0.415 e. The number of pyridine rings is 1. The molecule has 1 atom stereocenters. The molecule has 1 unspecified atom stereocenters. The van der Waals surface area contributed by atoms with Gasteiger partial charge in [0.05, 0.1) is 11.0 Å². The Morgan fingerprint density at radius 2 is 1.91 bits per heavy atom. The Balaban J connectivity index is 1.61. The van der Waals surface area contributed by atoms with Gasteiger partial charge < -0.3 is 10.1 Å². The first-order chi connectivity index (χ1) is 16.1. The molecule has 0 bridgehead atoms. The van der Waals surface area contributed by atoms with Crippen LogP contribution in [0.4, 0.5) is 25.0 Å². The number of carbonyl (C=O) groups excluding carboxylic acids is 1. The van der Waals surface area contributed by atoms with Gasteiger partial charge in [0, 0.05) is 42.2 Å². The number of aryl methyl sites for hydroxylation is 1. The van der Waals surface area contributed by atoms with E-state index in [1.165, 1.54) is 6.07 Å². The van der Waals surface area contributed by atoms with E-state index in [9.17, 15) is 17.8 Å². The standard InChI is InChI=1S/C24H30F2N4O3S/c1-15(2)18-7-5-6-8-20(18)30(17-11-24(12-17)13-29(14-24)34(4)32)23(31)28-19-10-9-16(3)27-21(19)33-22(25)26/h5-10,15,17,22H,11-14H2,1-4H3,(H,28,31). The van der Waals surface area contributed by atoms with Crippen LogP contribution in [0.3, 0.4) is 0 Å². The molecule has 2 aliphatic rings. The lowest BCUT2D eigenvalue weighted by Gasteiger charge is -2.60. The fourth-order valence-corrected chi connectivity index (χ4v) is 5.82. The molecule has 34 heavy (non-hydrogen) atoms. The van der Waals surface area contributed by atoms with E-state index in [1.54, 1.807) is 24.1 Å². The van der Waals surface area contributed by atoms with Crippen molar-refractivity contribution in [3.8, 4) is 5.88 Å². The molecule has 1 aromatic heterocycles. The van der Waals surface area contributed by atoms with Crippen molar-refractivity contribution in [3.05, 3.63) is 47.7 Å². The lowest BCUT2D eigenvalue weighted by Crippen LogP contribution is -2.67. The number of nitrogens with one attached hydrogen (secondary N) is 1. The van der Waals surface area contributed by atoms with Gasteiger partial charge in [-0.1, -0.05) is 32.0 Å². The van der Waals surface area contributed by atoms with Crippen molar-refractivity contribution in [3.63, 3.8) is 0 Å². The molecule has 10 heteroatoms. The van der Waals surface area contributed by atoms with E-state index in [0.717, 1.165) is 37.2 Å². The molecule has 1 N–H and O–H groups in total. The number of anilines is 2. The summed E-state index contributed by atoms with van der Waals surface area (Å²) >= 11 is 0. The molecular weight excluding hydrogens is 462 g/mol. The quantitative estimate of drug-likeness (QED) is 0.596. The second-order valence-electron chi connectivity index (χ2n) is 9.48. The summed E-state index contributed by atoms with van der Waals surface area (Å²) in [4.78, 5) is 19.4. The zero-order valence-electron chi connectivity index (χ0n) is 19.8. The highest BCUT2D eigenvalue weighted by Crippen LogP contribution is 2.52. The highest BCUT2D eigenvalue weighted by atomic mass is 32.2. The number of ether oxygens (including phenoxy) is 1. The fraction of sp³-hybridized carbons (Fsp3) is 0.500. The van der Waals surface area contributed by atoms with Gasteiger partial charge >= 0.3 is 12.6 Å². The fourth-order valence-electron chi connectivity index (χ4n) is 4.91. The van der Waals surface area contributed by atoms with Gasteiger partial charge in [0.2, 0.25) is 5.88 Å². The number of nitrogens with zero attached hydrogens (tertiary/aromatic N) is 3. The molecule has 1 aliphatic carbocycles. The molecule has 4 rings (SSSR count). The zero-order chi connectivity index (χ0) is 24.6.